The zero-order valence-corrected chi connectivity index (χ0v) is 25.4. The second kappa shape index (κ2) is 11.4. The fourth-order valence-corrected chi connectivity index (χ4v) is 6.64. The van der Waals surface area contributed by atoms with E-state index in [0.717, 1.165) is 19.1 Å². The summed E-state index contributed by atoms with van der Waals surface area (Å²) in [6.07, 6.45) is 0. The Bertz CT molecular complexity index is 2610. The van der Waals surface area contributed by atoms with E-state index in [2.05, 4.69) is 0 Å². The Hall–Kier alpha value is -6.78. The van der Waals surface area contributed by atoms with Crippen molar-refractivity contribution in [2.75, 3.05) is 0 Å². The van der Waals surface area contributed by atoms with E-state index >= 15 is 8.78 Å². The van der Waals surface area contributed by atoms with Crippen molar-refractivity contribution in [1.82, 2.24) is 0 Å². The fraction of sp³-hybridized carbons (Fsp3) is 0.0263. The van der Waals surface area contributed by atoms with Gasteiger partial charge in [-0.25, -0.2) is 39.5 Å². The molecule has 0 fully saturated rings. The van der Waals surface area contributed by atoms with Crippen LogP contribution in [0.15, 0.2) is 59.8 Å². The number of benzene rings is 5. The minimum atomic E-state index is -2.34. The third kappa shape index (κ3) is 4.40. The summed E-state index contributed by atoms with van der Waals surface area (Å²) in [6, 6.07) is 15.6. The van der Waals surface area contributed by atoms with Gasteiger partial charge in [0.1, 0.15) is 29.5 Å². The van der Waals surface area contributed by atoms with Crippen LogP contribution < -0.4 is 5.73 Å². The Morgan fingerprint density at radius 2 is 0.824 bits per heavy atom. The first-order valence-electron chi connectivity index (χ1n) is 14.5. The van der Waals surface area contributed by atoms with Crippen molar-refractivity contribution in [2.24, 2.45) is 5.73 Å². The summed E-state index contributed by atoms with van der Waals surface area (Å²) in [7, 11) is 0. The maximum atomic E-state index is 15.0. The highest BCUT2D eigenvalue weighted by atomic mass is 19.2. The van der Waals surface area contributed by atoms with Crippen LogP contribution in [0.4, 0.5) is 39.5 Å². The van der Waals surface area contributed by atoms with Gasteiger partial charge in [0, 0.05) is 16.7 Å². The van der Waals surface area contributed by atoms with Crippen LogP contribution in [0.1, 0.15) is 27.8 Å². The van der Waals surface area contributed by atoms with E-state index in [1.54, 1.807) is 18.2 Å². The highest BCUT2D eigenvalue weighted by Crippen LogP contribution is 2.54. The number of nitrogens with zero attached hydrogens (tertiary/aromatic N) is 3. The first-order valence-corrected chi connectivity index (χ1v) is 14.5. The average Bonchev–Trinajstić information content (AvgIpc) is 3.62. The van der Waals surface area contributed by atoms with Crippen molar-refractivity contribution >= 4 is 11.1 Å². The molecule has 2 N–H and O–H groups in total. The van der Waals surface area contributed by atoms with E-state index in [1.165, 1.54) is 36.4 Å². The van der Waals surface area contributed by atoms with E-state index in [9.17, 15) is 46.5 Å². The molecule has 13 heteroatoms. The predicted molar refractivity (Wildman–Crippen MR) is 166 cm³/mol. The molecule has 0 aliphatic heterocycles. The van der Waals surface area contributed by atoms with Gasteiger partial charge >= 0.3 is 0 Å². The molecule has 0 amide bonds. The molecule has 4 nitrogen and oxygen atoms in total. The summed E-state index contributed by atoms with van der Waals surface area (Å²) in [5.41, 5.74) is 3.39. The highest BCUT2D eigenvalue weighted by molar-refractivity contribution is 6.11. The van der Waals surface area contributed by atoms with Gasteiger partial charge in [0.25, 0.3) is 0 Å². The first-order chi connectivity index (χ1) is 24.3. The molecule has 0 heterocycles. The molecule has 248 valence electrons. The summed E-state index contributed by atoms with van der Waals surface area (Å²) in [5, 5.41) is 29.6. The Morgan fingerprint density at radius 1 is 0.451 bits per heavy atom. The molecule has 0 saturated heterocycles. The van der Waals surface area contributed by atoms with Gasteiger partial charge in [-0.15, -0.1) is 0 Å². The number of halogens is 9. The van der Waals surface area contributed by atoms with Crippen LogP contribution in [0.25, 0.3) is 55.7 Å². The minimum Gasteiger partial charge on any atom is -0.390 e. The van der Waals surface area contributed by atoms with Crippen molar-refractivity contribution in [3.05, 3.63) is 140 Å². The van der Waals surface area contributed by atoms with Gasteiger partial charge in [-0.2, -0.15) is 15.8 Å². The lowest BCUT2D eigenvalue weighted by Gasteiger charge is -2.12. The Morgan fingerprint density at radius 3 is 1.25 bits per heavy atom. The molecule has 2 aliphatic rings. The smallest absolute Gasteiger partial charge is 0.200 e. The summed E-state index contributed by atoms with van der Waals surface area (Å²) in [4.78, 5) is 0. The topological polar surface area (TPSA) is 97.4 Å². The van der Waals surface area contributed by atoms with Crippen LogP contribution in [0.5, 0.6) is 0 Å². The normalized spacial score (nSPS) is 13.1. The number of nitriles is 3. The molecular weight excluding hydrogens is 683 g/mol. The zero-order valence-electron chi connectivity index (χ0n) is 25.4. The van der Waals surface area contributed by atoms with E-state index in [1.807, 2.05) is 0 Å². The molecule has 5 aromatic rings. The van der Waals surface area contributed by atoms with Gasteiger partial charge in [0.15, 0.2) is 46.5 Å². The van der Waals surface area contributed by atoms with Gasteiger partial charge in [0.2, 0.25) is 5.82 Å². The quantitative estimate of drug-likeness (QED) is 0.0843. The third-order valence-electron chi connectivity index (χ3n) is 8.99. The molecule has 0 spiro atoms. The standard InChI is InChI=1S/C38H13F9N4/c1-13-30(39)32(41)27(33(42)31(13)40)14-2-4-17-19-9-24-20(8-23(19)26(21(17)6-14)16(10-48)11-49)18-5-3-15(7-22(18)29(24)25(51)12-50)28-34(43)36(45)38(47)37(46)35(28)44/h2-9H,51H2,1H3/b29-25-. The maximum Gasteiger partial charge on any atom is 0.200 e. The van der Waals surface area contributed by atoms with Crippen LogP contribution in [0, 0.1) is 93.3 Å². The first kappa shape index (κ1) is 32.8. The van der Waals surface area contributed by atoms with Crippen LogP contribution >= 0.6 is 0 Å². The molecular formula is C38H13F9N4. The molecule has 0 atom stereocenters. The van der Waals surface area contributed by atoms with E-state index in [-0.39, 0.29) is 44.5 Å². The number of nitrogens with two attached hydrogens (primary N) is 1. The number of allylic oxidation sites excluding steroid dienone is 2. The third-order valence-corrected chi connectivity index (χ3v) is 8.99. The summed E-state index contributed by atoms with van der Waals surface area (Å²) in [5.74, 6) is -17.4. The molecule has 0 unspecified atom stereocenters. The summed E-state index contributed by atoms with van der Waals surface area (Å²) >= 11 is 0. The van der Waals surface area contributed by atoms with Crippen LogP contribution in [-0.4, -0.2) is 0 Å². The molecule has 2 aliphatic carbocycles. The molecule has 0 aromatic heterocycles. The molecule has 0 radical (unpaired) electrons. The van der Waals surface area contributed by atoms with Crippen molar-refractivity contribution in [2.45, 2.75) is 6.92 Å². The van der Waals surface area contributed by atoms with Crippen molar-refractivity contribution in [3.63, 3.8) is 0 Å². The monoisotopic (exact) mass is 696 g/mol. The van der Waals surface area contributed by atoms with E-state index < -0.39 is 85.9 Å². The van der Waals surface area contributed by atoms with Gasteiger partial charge < -0.3 is 5.73 Å². The number of fused-ring (bicyclic) bond motifs is 6. The van der Waals surface area contributed by atoms with Crippen LogP contribution in [0.2, 0.25) is 0 Å². The maximum absolute atomic E-state index is 15.0. The molecule has 0 bridgehead atoms. The minimum absolute atomic E-state index is 0.00576. The van der Waals surface area contributed by atoms with Crippen molar-refractivity contribution < 1.29 is 39.5 Å². The van der Waals surface area contributed by atoms with Crippen molar-refractivity contribution in [3.8, 4) is 62.7 Å². The lowest BCUT2D eigenvalue weighted by Crippen LogP contribution is -2.04. The van der Waals surface area contributed by atoms with Gasteiger partial charge in [-0.3, -0.25) is 0 Å². The Kier molecular flexibility index (Phi) is 7.32. The fourth-order valence-electron chi connectivity index (χ4n) is 6.64. The number of hydrogen-bond acceptors (Lipinski definition) is 4. The van der Waals surface area contributed by atoms with Gasteiger partial charge in [-0.1, -0.05) is 24.3 Å². The zero-order chi connectivity index (χ0) is 36.8. The SMILES string of the molecule is Cc1c(F)c(F)c(-c2ccc3c(c2)C(=C(C#N)C#N)c2cc4c(cc2-3)/C(=C(\N)C#N)c2cc(-c3c(F)c(F)c(F)c(F)c3F)ccc2-4)c(F)c1F. The Labute approximate surface area is 281 Å². The predicted octanol–water partition coefficient (Wildman–Crippen LogP) is 9.63. The average molecular weight is 697 g/mol. The Balaban J connectivity index is 1.48. The second-order valence-electron chi connectivity index (χ2n) is 11.5. The van der Waals surface area contributed by atoms with Gasteiger partial charge in [-0.05, 0) is 86.8 Å². The number of hydrogen-bond donors (Lipinski definition) is 1. The largest absolute Gasteiger partial charge is 0.390 e. The van der Waals surface area contributed by atoms with Crippen LogP contribution in [-0.2, 0) is 0 Å². The van der Waals surface area contributed by atoms with E-state index in [4.69, 9.17) is 5.73 Å². The second-order valence-corrected chi connectivity index (χ2v) is 11.5. The van der Waals surface area contributed by atoms with Crippen molar-refractivity contribution in [1.29, 1.82) is 15.8 Å². The number of rotatable bonds is 2. The van der Waals surface area contributed by atoms with E-state index in [0.29, 0.717) is 16.7 Å². The lowest BCUT2D eigenvalue weighted by molar-refractivity contribution is 0.381. The molecule has 0 saturated carbocycles. The molecule has 5 aromatic carbocycles. The highest BCUT2D eigenvalue weighted by Gasteiger charge is 2.35. The van der Waals surface area contributed by atoms with Gasteiger partial charge in [0.05, 0.1) is 11.1 Å². The molecule has 51 heavy (non-hydrogen) atoms. The molecule has 7 rings (SSSR count). The summed E-state index contributed by atoms with van der Waals surface area (Å²) < 4.78 is 131. The van der Waals surface area contributed by atoms with Crippen LogP contribution in [0.3, 0.4) is 0 Å². The lowest BCUT2D eigenvalue weighted by atomic mass is 9.93. The summed E-state index contributed by atoms with van der Waals surface area (Å²) in [6.45, 7) is 0.867.